The van der Waals surface area contributed by atoms with Gasteiger partial charge in [-0.15, -0.1) is 0 Å². The lowest BCUT2D eigenvalue weighted by atomic mass is 10.0. The van der Waals surface area contributed by atoms with E-state index in [0.717, 1.165) is 22.7 Å². The minimum Gasteiger partial charge on any atom is -0.478 e. The van der Waals surface area contributed by atoms with E-state index in [0.29, 0.717) is 10.9 Å². The molecule has 3 heterocycles. The normalized spacial score (nSPS) is 17.9. The number of aromatic carboxylic acids is 1. The predicted molar refractivity (Wildman–Crippen MR) is 125 cm³/mol. The van der Waals surface area contributed by atoms with E-state index < -0.39 is 5.97 Å². The number of carbonyl (C=O) groups is 1. The fourth-order valence-corrected chi connectivity index (χ4v) is 4.30. The van der Waals surface area contributed by atoms with Crippen LogP contribution in [0.25, 0.3) is 11.3 Å². The molecule has 5 rings (SSSR count). The largest absolute Gasteiger partial charge is 0.478 e. The van der Waals surface area contributed by atoms with E-state index in [-0.39, 0.29) is 17.6 Å². The highest BCUT2D eigenvalue weighted by Gasteiger charge is 2.42. The summed E-state index contributed by atoms with van der Waals surface area (Å²) in [6.07, 6.45) is 1.76. The molecule has 6 nitrogen and oxygen atoms in total. The standard InChI is InChI=1S/C25H19N3O3S/c29-24(30)17-11-9-16(10-12-17)20-13-14-21(31-20)23-22(19-8-4-5-15-26-19)27-25(32)28(23)18-6-2-1-3-7-18/h1-15,22-23H,(H,27,32)(H,29,30)/t22-,23-/m0/s1. The molecule has 2 N–H and O–H groups in total. The maximum Gasteiger partial charge on any atom is 0.335 e. The molecule has 4 aromatic rings. The first-order valence-corrected chi connectivity index (χ1v) is 10.5. The molecule has 0 aliphatic carbocycles. The number of carboxylic acids is 1. The summed E-state index contributed by atoms with van der Waals surface area (Å²) in [5, 5.41) is 13.1. The molecule has 1 aliphatic heterocycles. The highest BCUT2D eigenvalue weighted by atomic mass is 32.1. The molecule has 158 valence electrons. The zero-order valence-corrected chi connectivity index (χ0v) is 17.7. The number of thiocarbonyl (C=S) groups is 1. The van der Waals surface area contributed by atoms with E-state index in [4.69, 9.17) is 21.7 Å². The first kappa shape index (κ1) is 20.0. The van der Waals surface area contributed by atoms with Crippen LogP contribution in [-0.4, -0.2) is 21.2 Å². The van der Waals surface area contributed by atoms with Gasteiger partial charge in [-0.25, -0.2) is 4.79 Å². The molecule has 32 heavy (non-hydrogen) atoms. The lowest BCUT2D eigenvalue weighted by Crippen LogP contribution is -2.29. The zero-order chi connectivity index (χ0) is 22.1. The Balaban J connectivity index is 1.56. The van der Waals surface area contributed by atoms with Crippen LogP contribution in [0.5, 0.6) is 0 Å². The lowest BCUT2D eigenvalue weighted by Gasteiger charge is -2.26. The Morgan fingerprint density at radius 2 is 1.72 bits per heavy atom. The van der Waals surface area contributed by atoms with Gasteiger partial charge >= 0.3 is 5.97 Å². The van der Waals surface area contributed by atoms with Crippen LogP contribution in [0.15, 0.2) is 95.5 Å². The van der Waals surface area contributed by atoms with Crippen molar-refractivity contribution in [3.05, 3.63) is 108 Å². The summed E-state index contributed by atoms with van der Waals surface area (Å²) < 4.78 is 6.29. The van der Waals surface area contributed by atoms with Crippen molar-refractivity contribution in [3.63, 3.8) is 0 Å². The maximum absolute atomic E-state index is 11.1. The number of benzene rings is 2. The van der Waals surface area contributed by atoms with Crippen LogP contribution in [0, 0.1) is 0 Å². The van der Waals surface area contributed by atoms with Crippen LogP contribution >= 0.6 is 12.2 Å². The van der Waals surface area contributed by atoms with Crippen molar-refractivity contribution in [1.29, 1.82) is 0 Å². The molecule has 1 saturated heterocycles. The molecule has 1 fully saturated rings. The van der Waals surface area contributed by atoms with Crippen molar-refractivity contribution in [1.82, 2.24) is 10.3 Å². The summed E-state index contributed by atoms with van der Waals surface area (Å²) in [6.45, 7) is 0. The van der Waals surface area contributed by atoms with Gasteiger partial charge < -0.3 is 19.7 Å². The quantitative estimate of drug-likeness (QED) is 0.411. The molecule has 0 amide bonds. The van der Waals surface area contributed by atoms with Gasteiger partial charge in [-0.3, -0.25) is 4.98 Å². The number of carboxylic acid groups (broad SMARTS) is 1. The number of rotatable bonds is 5. The molecule has 0 saturated carbocycles. The summed E-state index contributed by atoms with van der Waals surface area (Å²) in [4.78, 5) is 17.7. The molecular formula is C25H19N3O3S. The SMILES string of the molecule is O=C(O)c1ccc(-c2ccc([C@H]3[C@H](c4ccccn4)NC(=S)N3c3ccccc3)o2)cc1. The average molecular weight is 442 g/mol. The highest BCUT2D eigenvalue weighted by Crippen LogP contribution is 2.42. The summed E-state index contributed by atoms with van der Waals surface area (Å²) in [6, 6.07) is 25.7. The van der Waals surface area contributed by atoms with Crippen LogP contribution in [-0.2, 0) is 0 Å². The number of anilines is 1. The van der Waals surface area contributed by atoms with Gasteiger partial charge in [0.05, 0.1) is 17.3 Å². The summed E-state index contributed by atoms with van der Waals surface area (Å²) in [5.74, 6) is 0.427. The molecular weight excluding hydrogens is 422 g/mol. The highest BCUT2D eigenvalue weighted by molar-refractivity contribution is 7.80. The molecule has 2 aromatic carbocycles. The smallest absolute Gasteiger partial charge is 0.335 e. The van der Waals surface area contributed by atoms with Crippen molar-refractivity contribution in [3.8, 4) is 11.3 Å². The van der Waals surface area contributed by atoms with Gasteiger partial charge in [-0.1, -0.05) is 36.4 Å². The Kier molecular flexibility index (Phi) is 5.17. The van der Waals surface area contributed by atoms with Crippen molar-refractivity contribution >= 4 is 29.0 Å². The van der Waals surface area contributed by atoms with Crippen LogP contribution in [0.3, 0.4) is 0 Å². The van der Waals surface area contributed by atoms with Gasteiger partial charge in [-0.2, -0.15) is 0 Å². The van der Waals surface area contributed by atoms with Gasteiger partial charge in [0, 0.05) is 17.4 Å². The molecule has 0 bridgehead atoms. The van der Waals surface area contributed by atoms with Gasteiger partial charge in [0.15, 0.2) is 5.11 Å². The predicted octanol–water partition coefficient (Wildman–Crippen LogP) is 5.22. The lowest BCUT2D eigenvalue weighted by molar-refractivity contribution is 0.0697. The summed E-state index contributed by atoms with van der Waals surface area (Å²) in [7, 11) is 0. The third-order valence-corrected chi connectivity index (χ3v) is 5.78. The van der Waals surface area contributed by atoms with E-state index in [1.807, 2.05) is 65.6 Å². The van der Waals surface area contributed by atoms with Crippen molar-refractivity contribution in [2.45, 2.75) is 12.1 Å². The molecule has 0 unspecified atom stereocenters. The van der Waals surface area contributed by atoms with Gasteiger partial charge in [0.1, 0.15) is 17.6 Å². The second-order valence-corrected chi connectivity index (χ2v) is 7.80. The van der Waals surface area contributed by atoms with Gasteiger partial charge in [-0.05, 0) is 60.7 Å². The number of para-hydroxylation sites is 1. The Morgan fingerprint density at radius 1 is 0.969 bits per heavy atom. The first-order chi connectivity index (χ1) is 15.6. The number of hydrogen-bond donors (Lipinski definition) is 2. The van der Waals surface area contributed by atoms with Crippen LogP contribution in [0.2, 0.25) is 0 Å². The molecule has 0 radical (unpaired) electrons. The second-order valence-electron chi connectivity index (χ2n) is 7.42. The van der Waals surface area contributed by atoms with Gasteiger partial charge in [0.2, 0.25) is 0 Å². The molecule has 1 aliphatic rings. The summed E-state index contributed by atoms with van der Waals surface area (Å²) >= 11 is 5.71. The van der Waals surface area contributed by atoms with E-state index in [9.17, 15) is 4.79 Å². The third kappa shape index (κ3) is 3.63. The Hall–Kier alpha value is -3.97. The maximum atomic E-state index is 11.1. The van der Waals surface area contributed by atoms with E-state index in [1.165, 1.54) is 0 Å². The monoisotopic (exact) mass is 441 g/mol. The van der Waals surface area contributed by atoms with Crippen molar-refractivity contribution in [2.75, 3.05) is 4.90 Å². The topological polar surface area (TPSA) is 78.6 Å². The number of pyridine rings is 1. The molecule has 2 aromatic heterocycles. The van der Waals surface area contributed by atoms with E-state index >= 15 is 0 Å². The fourth-order valence-electron chi connectivity index (χ4n) is 3.95. The Morgan fingerprint density at radius 3 is 2.41 bits per heavy atom. The number of hydrogen-bond acceptors (Lipinski definition) is 4. The van der Waals surface area contributed by atoms with E-state index in [2.05, 4.69) is 10.3 Å². The Labute approximate surface area is 190 Å². The third-order valence-electron chi connectivity index (χ3n) is 5.47. The van der Waals surface area contributed by atoms with Crippen molar-refractivity contribution in [2.24, 2.45) is 0 Å². The number of nitrogens with one attached hydrogen (secondary N) is 1. The average Bonchev–Trinajstić information content (AvgIpc) is 3.45. The molecule has 2 atom stereocenters. The van der Waals surface area contributed by atoms with Crippen LogP contribution < -0.4 is 10.2 Å². The first-order valence-electron chi connectivity index (χ1n) is 10.1. The minimum absolute atomic E-state index is 0.197. The fraction of sp³-hybridized carbons (Fsp3) is 0.0800. The van der Waals surface area contributed by atoms with Crippen LogP contribution in [0.4, 0.5) is 5.69 Å². The number of aromatic nitrogens is 1. The number of furan rings is 1. The minimum atomic E-state index is -0.959. The van der Waals surface area contributed by atoms with Crippen LogP contribution in [0.1, 0.15) is 33.9 Å². The van der Waals surface area contributed by atoms with Crippen molar-refractivity contribution < 1.29 is 14.3 Å². The van der Waals surface area contributed by atoms with E-state index in [1.54, 1.807) is 30.5 Å². The zero-order valence-electron chi connectivity index (χ0n) is 16.9. The second kappa shape index (κ2) is 8.28. The molecule has 0 spiro atoms. The Bertz CT molecular complexity index is 1260. The molecule has 7 heteroatoms. The van der Waals surface area contributed by atoms with Gasteiger partial charge in [0.25, 0.3) is 0 Å². The number of nitrogens with zero attached hydrogens (tertiary/aromatic N) is 2. The summed E-state index contributed by atoms with van der Waals surface area (Å²) in [5.41, 5.74) is 2.85.